The molecular weight excluding hydrogens is 347 g/mol. The number of benzene rings is 1. The van der Waals surface area contributed by atoms with Gasteiger partial charge in [-0.2, -0.15) is 5.10 Å². The van der Waals surface area contributed by atoms with Crippen molar-refractivity contribution in [2.24, 2.45) is 0 Å². The molecule has 0 spiro atoms. The number of nitrogens with one attached hydrogen (secondary N) is 1. The van der Waals surface area contributed by atoms with Gasteiger partial charge in [0.25, 0.3) is 5.91 Å². The molecule has 25 heavy (non-hydrogen) atoms. The first-order valence-electron chi connectivity index (χ1n) is 7.90. The molecule has 1 aliphatic heterocycles. The number of nitrogens with zero attached hydrogens (tertiary/aromatic N) is 3. The second-order valence-corrected chi connectivity index (χ2v) is 8.01. The number of rotatable bonds is 4. The third kappa shape index (κ3) is 4.23. The normalized spacial score (nSPS) is 16.7. The number of carbonyl (C=O) groups excluding carboxylic acids is 1. The van der Waals surface area contributed by atoms with Crippen LogP contribution in [-0.4, -0.2) is 53.8 Å². The van der Waals surface area contributed by atoms with Crippen molar-refractivity contribution in [2.45, 2.75) is 18.9 Å². The molecular formula is C16H19FN4O3S. The Bertz CT molecular complexity index is 856. The van der Waals surface area contributed by atoms with Crippen molar-refractivity contribution >= 4 is 15.9 Å². The maximum absolute atomic E-state index is 13.0. The maximum Gasteiger partial charge on any atom is 0.272 e. The molecule has 2 aromatic rings. The average molecular weight is 366 g/mol. The maximum atomic E-state index is 13.0. The Labute approximate surface area is 145 Å². The number of sulfonamides is 1. The molecule has 3 rings (SSSR count). The number of halogens is 1. The summed E-state index contributed by atoms with van der Waals surface area (Å²) < 4.78 is 38.9. The zero-order valence-corrected chi connectivity index (χ0v) is 14.5. The number of aromatic nitrogens is 2. The van der Waals surface area contributed by atoms with Crippen molar-refractivity contribution in [1.82, 2.24) is 19.4 Å². The summed E-state index contributed by atoms with van der Waals surface area (Å²) in [5.41, 5.74) is 0.914. The first-order chi connectivity index (χ1) is 11.8. The monoisotopic (exact) mass is 366 g/mol. The molecule has 134 valence electrons. The van der Waals surface area contributed by atoms with Gasteiger partial charge in [-0.25, -0.2) is 21.8 Å². The first-order valence-corrected chi connectivity index (χ1v) is 9.75. The molecule has 1 saturated heterocycles. The molecule has 1 fully saturated rings. The summed E-state index contributed by atoms with van der Waals surface area (Å²) in [5.74, 6) is -0.645. The summed E-state index contributed by atoms with van der Waals surface area (Å²) >= 11 is 0. The van der Waals surface area contributed by atoms with Gasteiger partial charge in [-0.15, -0.1) is 0 Å². The third-order valence-electron chi connectivity index (χ3n) is 4.17. The van der Waals surface area contributed by atoms with E-state index in [1.807, 2.05) is 0 Å². The van der Waals surface area contributed by atoms with E-state index in [-0.39, 0.29) is 23.5 Å². The van der Waals surface area contributed by atoms with Gasteiger partial charge < -0.3 is 5.32 Å². The lowest BCUT2D eigenvalue weighted by atomic mass is 10.1. The van der Waals surface area contributed by atoms with Gasteiger partial charge in [0.05, 0.1) is 11.9 Å². The van der Waals surface area contributed by atoms with Crippen LogP contribution in [-0.2, 0) is 10.0 Å². The van der Waals surface area contributed by atoms with E-state index in [1.54, 1.807) is 24.4 Å². The second-order valence-electron chi connectivity index (χ2n) is 6.03. The highest BCUT2D eigenvalue weighted by Gasteiger charge is 2.26. The SMILES string of the molecule is CS(=O)(=O)N1CCC(NC(=O)c2ccn(-c3ccc(F)cc3)n2)CC1. The highest BCUT2D eigenvalue weighted by atomic mass is 32.2. The van der Waals surface area contributed by atoms with Crippen molar-refractivity contribution in [2.75, 3.05) is 19.3 Å². The quantitative estimate of drug-likeness (QED) is 0.880. The summed E-state index contributed by atoms with van der Waals surface area (Å²) in [7, 11) is -3.18. The van der Waals surface area contributed by atoms with Crippen LogP contribution < -0.4 is 5.32 Å². The van der Waals surface area contributed by atoms with E-state index in [4.69, 9.17) is 0 Å². The Morgan fingerprint density at radius 1 is 1.20 bits per heavy atom. The highest BCUT2D eigenvalue weighted by molar-refractivity contribution is 7.88. The lowest BCUT2D eigenvalue weighted by Crippen LogP contribution is -2.46. The Balaban J connectivity index is 1.60. The summed E-state index contributed by atoms with van der Waals surface area (Å²) in [6, 6.07) is 7.31. The number of hydrogen-bond donors (Lipinski definition) is 1. The molecule has 0 bridgehead atoms. The van der Waals surface area contributed by atoms with Gasteiger partial charge in [0, 0.05) is 25.3 Å². The van der Waals surface area contributed by atoms with Crippen LogP contribution in [0.1, 0.15) is 23.3 Å². The van der Waals surface area contributed by atoms with E-state index in [9.17, 15) is 17.6 Å². The summed E-state index contributed by atoms with van der Waals surface area (Å²) in [6.45, 7) is 0.793. The summed E-state index contributed by atoms with van der Waals surface area (Å²) in [5, 5.41) is 7.09. The van der Waals surface area contributed by atoms with Crippen LogP contribution in [0.5, 0.6) is 0 Å². The van der Waals surface area contributed by atoms with Crippen LogP contribution in [0.25, 0.3) is 5.69 Å². The molecule has 9 heteroatoms. The van der Waals surface area contributed by atoms with Gasteiger partial charge in [0.1, 0.15) is 5.82 Å². The fourth-order valence-electron chi connectivity index (χ4n) is 2.77. The van der Waals surface area contributed by atoms with Crippen LogP contribution in [0.4, 0.5) is 4.39 Å². The first kappa shape index (κ1) is 17.6. The predicted octanol–water partition coefficient (Wildman–Crippen LogP) is 1.17. The molecule has 0 saturated carbocycles. The van der Waals surface area contributed by atoms with Crippen LogP contribution in [0, 0.1) is 5.82 Å². The standard InChI is InChI=1S/C16H19FN4O3S/c1-25(23,24)20-9-6-13(7-10-20)18-16(22)15-8-11-21(19-15)14-4-2-12(17)3-5-14/h2-5,8,11,13H,6-7,9-10H2,1H3,(H,18,22). The molecule has 1 aromatic carbocycles. The topological polar surface area (TPSA) is 84.3 Å². The van der Waals surface area contributed by atoms with E-state index in [1.165, 1.54) is 27.4 Å². The van der Waals surface area contributed by atoms with Crippen molar-refractivity contribution < 1.29 is 17.6 Å². The molecule has 1 aliphatic rings. The van der Waals surface area contributed by atoms with E-state index in [0.29, 0.717) is 31.6 Å². The average Bonchev–Trinajstić information content (AvgIpc) is 3.05. The lowest BCUT2D eigenvalue weighted by molar-refractivity contribution is 0.0918. The largest absolute Gasteiger partial charge is 0.348 e. The van der Waals surface area contributed by atoms with Crippen LogP contribution in [0.3, 0.4) is 0 Å². The fraction of sp³-hybridized carbons (Fsp3) is 0.375. The summed E-state index contributed by atoms with van der Waals surface area (Å²) in [4.78, 5) is 12.3. The predicted molar refractivity (Wildman–Crippen MR) is 90.4 cm³/mol. The Morgan fingerprint density at radius 2 is 1.84 bits per heavy atom. The van der Waals surface area contributed by atoms with Gasteiger partial charge in [-0.05, 0) is 43.2 Å². The molecule has 1 aromatic heterocycles. The van der Waals surface area contributed by atoms with Crippen molar-refractivity contribution in [3.63, 3.8) is 0 Å². The van der Waals surface area contributed by atoms with Crippen LogP contribution in [0.15, 0.2) is 36.5 Å². The van der Waals surface area contributed by atoms with E-state index < -0.39 is 10.0 Å². The van der Waals surface area contributed by atoms with E-state index in [0.717, 1.165) is 0 Å². The van der Waals surface area contributed by atoms with E-state index >= 15 is 0 Å². The number of piperidine rings is 1. The van der Waals surface area contributed by atoms with Gasteiger partial charge in [-0.3, -0.25) is 4.79 Å². The zero-order valence-electron chi connectivity index (χ0n) is 13.7. The van der Waals surface area contributed by atoms with Gasteiger partial charge in [0.15, 0.2) is 5.69 Å². The van der Waals surface area contributed by atoms with Crippen molar-refractivity contribution in [1.29, 1.82) is 0 Å². The molecule has 1 amide bonds. The lowest BCUT2D eigenvalue weighted by Gasteiger charge is -2.30. The molecule has 7 nitrogen and oxygen atoms in total. The zero-order chi connectivity index (χ0) is 18.0. The van der Waals surface area contributed by atoms with E-state index in [2.05, 4.69) is 10.4 Å². The minimum absolute atomic E-state index is 0.0820. The minimum atomic E-state index is -3.18. The van der Waals surface area contributed by atoms with Crippen LogP contribution in [0.2, 0.25) is 0 Å². The fourth-order valence-corrected chi connectivity index (χ4v) is 3.65. The van der Waals surface area contributed by atoms with Crippen molar-refractivity contribution in [3.8, 4) is 5.69 Å². The Morgan fingerprint density at radius 3 is 2.44 bits per heavy atom. The second kappa shape index (κ2) is 6.93. The molecule has 0 unspecified atom stereocenters. The molecule has 0 radical (unpaired) electrons. The number of amides is 1. The highest BCUT2D eigenvalue weighted by Crippen LogP contribution is 2.14. The molecule has 0 aliphatic carbocycles. The van der Waals surface area contributed by atoms with Crippen LogP contribution >= 0.6 is 0 Å². The third-order valence-corrected chi connectivity index (χ3v) is 5.47. The Hall–Kier alpha value is -2.26. The van der Waals surface area contributed by atoms with Gasteiger partial charge in [-0.1, -0.05) is 0 Å². The van der Waals surface area contributed by atoms with Gasteiger partial charge in [0.2, 0.25) is 10.0 Å². The minimum Gasteiger partial charge on any atom is -0.348 e. The van der Waals surface area contributed by atoms with Gasteiger partial charge >= 0.3 is 0 Å². The molecule has 0 atom stereocenters. The number of carbonyl (C=O) groups is 1. The molecule has 2 heterocycles. The van der Waals surface area contributed by atoms with Crippen molar-refractivity contribution in [3.05, 3.63) is 48.0 Å². The Kier molecular flexibility index (Phi) is 4.87. The summed E-state index contributed by atoms with van der Waals surface area (Å²) in [6.07, 6.45) is 3.96. The number of hydrogen-bond acceptors (Lipinski definition) is 4. The molecule has 1 N–H and O–H groups in total. The smallest absolute Gasteiger partial charge is 0.272 e.